The number of carbonyl (C=O) groups is 7. The molecule has 0 saturated carbocycles. The zero-order valence-corrected chi connectivity index (χ0v) is 40.9. The molecular weight excluding hydrogens is 943 g/mol. The van der Waals surface area contributed by atoms with Gasteiger partial charge in [0.2, 0.25) is 23.6 Å². The van der Waals surface area contributed by atoms with Crippen molar-refractivity contribution in [1.82, 2.24) is 20.9 Å². The van der Waals surface area contributed by atoms with Crippen molar-refractivity contribution in [2.45, 2.75) is 89.4 Å². The molecule has 2 saturated heterocycles. The van der Waals surface area contributed by atoms with Gasteiger partial charge in [-0.2, -0.15) is 4.91 Å². The molecule has 0 bridgehead atoms. The Hall–Kier alpha value is -5.41. The van der Waals surface area contributed by atoms with Gasteiger partial charge in [-0.25, -0.2) is 0 Å². The Morgan fingerprint density at radius 1 is 0.662 bits per heavy atom. The summed E-state index contributed by atoms with van der Waals surface area (Å²) in [6.45, 7) is 6.48. The number of phenols is 1. The standard InChI is InChI=1S/C46H71N5O20/c1-33(52)68-29-39-45(70-35(3)54)38(69-34(2)53)28-44(71-39)67-27-26-64-22-15-49-42(58)11-18-66-32-46(31-65-17-10-41(57)48-13-20-62-23-16-50-60)30-51(46)43(59)12-19-61-24-25-63-21-14-47-40(56)9-6-36-4-7-37(55)8-5-36/h4-5,7-8,38-39,44-45,55H,6,9-32H2,1-3H3,(H,47,56)(H,48,57)(H,49,58)/t38-,39-,44-,45-,46?,51?/m1/s1. The van der Waals surface area contributed by atoms with Gasteiger partial charge in [0.05, 0.1) is 92.3 Å². The molecule has 0 radical (unpaired) electrons. The molecule has 3 rings (SSSR count). The smallest absolute Gasteiger partial charge is 0.303 e. The lowest BCUT2D eigenvalue weighted by molar-refractivity contribution is -0.267. The average molecular weight is 1010 g/mol. The Morgan fingerprint density at radius 2 is 1.20 bits per heavy atom. The number of aromatic hydroxyl groups is 1. The van der Waals surface area contributed by atoms with E-state index < -0.39 is 48.0 Å². The van der Waals surface area contributed by atoms with Gasteiger partial charge in [0, 0.05) is 72.6 Å². The van der Waals surface area contributed by atoms with E-state index in [1.54, 1.807) is 29.2 Å². The number of phenolic OH excluding ortho intramolecular Hbond substituents is 1. The summed E-state index contributed by atoms with van der Waals surface area (Å²) in [6.07, 6.45) is -2.72. The van der Waals surface area contributed by atoms with Crippen LogP contribution in [0.5, 0.6) is 5.75 Å². The van der Waals surface area contributed by atoms with E-state index in [4.69, 9.17) is 52.1 Å². The first-order valence-corrected chi connectivity index (χ1v) is 23.6. The Bertz CT molecular complexity index is 1790. The molecule has 0 aromatic heterocycles. The second-order valence-electron chi connectivity index (χ2n) is 16.3. The summed E-state index contributed by atoms with van der Waals surface area (Å²) in [4.78, 5) is 96.8. The molecule has 0 spiro atoms. The summed E-state index contributed by atoms with van der Waals surface area (Å²) in [5, 5.41) is 20.3. The molecule has 25 heteroatoms. The maximum Gasteiger partial charge on any atom is 0.303 e. The van der Waals surface area contributed by atoms with Gasteiger partial charge in [-0.15, -0.1) is 0 Å². The molecule has 4 N–H and O–H groups in total. The second kappa shape index (κ2) is 34.8. The van der Waals surface area contributed by atoms with E-state index in [-0.39, 0.29) is 161 Å². The number of ether oxygens (including phenoxy) is 11. The van der Waals surface area contributed by atoms with E-state index in [2.05, 4.69) is 21.1 Å². The number of benzene rings is 1. The summed E-state index contributed by atoms with van der Waals surface area (Å²) in [5.74, 6) is -2.51. The minimum absolute atomic E-state index is 0.0260. The van der Waals surface area contributed by atoms with Gasteiger partial charge in [0.25, 0.3) is 0 Å². The molecular formula is C46H71N5O20. The molecule has 1 unspecified atom stereocenters. The topological polar surface area (TPSA) is 310 Å². The van der Waals surface area contributed by atoms with Crippen molar-refractivity contribution in [2.75, 3.05) is 125 Å². The molecule has 1 aromatic carbocycles. The first kappa shape index (κ1) is 59.9. The van der Waals surface area contributed by atoms with Gasteiger partial charge in [-0.05, 0) is 24.1 Å². The third kappa shape index (κ3) is 26.6. The van der Waals surface area contributed by atoms with Gasteiger partial charge in [0.1, 0.15) is 36.6 Å². The monoisotopic (exact) mass is 1010 g/mol. The molecule has 5 atom stereocenters. The first-order valence-electron chi connectivity index (χ1n) is 23.6. The van der Waals surface area contributed by atoms with E-state index in [1.807, 2.05) is 0 Å². The number of hydrogen-bond acceptors (Lipinski definition) is 21. The number of nitrogens with one attached hydrogen (secondary N) is 3. The van der Waals surface area contributed by atoms with Gasteiger partial charge < -0.3 is 78.1 Å². The van der Waals surface area contributed by atoms with E-state index in [0.717, 1.165) is 5.56 Å². The molecule has 1 aromatic rings. The predicted octanol–water partition coefficient (Wildman–Crippen LogP) is -0.151. The molecule has 400 valence electrons. The number of hydrogen-bond donors (Lipinski definition) is 4. The quantitative estimate of drug-likeness (QED) is 0.0219. The van der Waals surface area contributed by atoms with Crippen LogP contribution in [0.1, 0.15) is 58.4 Å². The lowest BCUT2D eigenvalue weighted by Gasteiger charge is -2.39. The van der Waals surface area contributed by atoms with Crippen LogP contribution in [0.2, 0.25) is 0 Å². The van der Waals surface area contributed by atoms with Crippen LogP contribution in [-0.4, -0.2) is 207 Å². The molecule has 2 aliphatic rings. The average Bonchev–Trinajstić information content (AvgIpc) is 4.05. The van der Waals surface area contributed by atoms with Crippen LogP contribution in [-0.2, 0) is 92.1 Å². The Morgan fingerprint density at radius 3 is 1.76 bits per heavy atom. The zero-order valence-electron chi connectivity index (χ0n) is 40.9. The number of aryl methyl sites for hydroxylation is 1. The largest absolute Gasteiger partial charge is 0.508 e. The van der Waals surface area contributed by atoms with Crippen LogP contribution in [0.15, 0.2) is 29.4 Å². The van der Waals surface area contributed by atoms with Gasteiger partial charge in [0.15, 0.2) is 12.4 Å². The second-order valence-corrected chi connectivity index (χ2v) is 16.3. The number of nitrogens with zero attached hydrogens (tertiary/aromatic N) is 2. The Kier molecular flexibility index (Phi) is 29.4. The number of carbonyl (C=O) groups excluding carboxylic acids is 7. The highest BCUT2D eigenvalue weighted by Crippen LogP contribution is 2.34. The summed E-state index contributed by atoms with van der Waals surface area (Å²) in [7, 11) is 0. The number of esters is 3. The van der Waals surface area contributed by atoms with E-state index >= 15 is 0 Å². The first-order chi connectivity index (χ1) is 34.2. The zero-order chi connectivity index (χ0) is 51.7. The lowest BCUT2D eigenvalue weighted by atomic mass is 10.0. The third-order valence-electron chi connectivity index (χ3n) is 10.4. The van der Waals surface area contributed by atoms with E-state index in [0.29, 0.717) is 32.5 Å². The number of amides is 4. The van der Waals surface area contributed by atoms with Crippen molar-refractivity contribution in [2.24, 2.45) is 5.18 Å². The van der Waals surface area contributed by atoms with Crippen molar-refractivity contribution in [3.05, 3.63) is 34.7 Å². The maximum atomic E-state index is 13.2. The van der Waals surface area contributed by atoms with Crippen LogP contribution in [0.25, 0.3) is 0 Å². The van der Waals surface area contributed by atoms with Crippen molar-refractivity contribution < 1.29 is 90.8 Å². The normalized spacial score (nSPS) is 19.3. The summed E-state index contributed by atoms with van der Waals surface area (Å²) >= 11 is 0. The van der Waals surface area contributed by atoms with Crippen molar-refractivity contribution >= 4 is 41.5 Å². The minimum Gasteiger partial charge on any atom is -0.508 e. The van der Waals surface area contributed by atoms with Crippen molar-refractivity contribution in [1.29, 1.82) is 0 Å². The summed E-state index contributed by atoms with van der Waals surface area (Å²) in [6, 6.07) is 6.69. The highest BCUT2D eigenvalue weighted by atomic mass is 16.7. The number of rotatable bonds is 39. The predicted molar refractivity (Wildman–Crippen MR) is 246 cm³/mol. The molecule has 2 fully saturated rings. The van der Waals surface area contributed by atoms with Crippen LogP contribution < -0.4 is 16.0 Å². The highest BCUT2D eigenvalue weighted by molar-refractivity contribution is 5.80. The lowest BCUT2D eigenvalue weighted by Crippen LogP contribution is -2.54. The fourth-order valence-corrected chi connectivity index (χ4v) is 6.89. The van der Waals surface area contributed by atoms with Crippen LogP contribution in [0.4, 0.5) is 0 Å². The Labute approximate surface area is 412 Å². The molecule has 4 amide bonds. The van der Waals surface area contributed by atoms with Crippen molar-refractivity contribution in [3.63, 3.8) is 0 Å². The summed E-state index contributed by atoms with van der Waals surface area (Å²) < 4.78 is 60.9. The summed E-state index contributed by atoms with van der Waals surface area (Å²) in [5.41, 5.74) is 0.149. The van der Waals surface area contributed by atoms with Crippen LogP contribution in [0, 0.1) is 4.91 Å². The molecule has 71 heavy (non-hydrogen) atoms. The highest BCUT2D eigenvalue weighted by Gasteiger charge is 2.55. The number of nitroso groups, excluding NO2 is 1. The third-order valence-corrected chi connectivity index (χ3v) is 10.4. The van der Waals surface area contributed by atoms with Crippen molar-refractivity contribution in [3.8, 4) is 5.75 Å². The van der Waals surface area contributed by atoms with Gasteiger partial charge in [-0.3, -0.25) is 33.6 Å². The molecule has 0 aliphatic carbocycles. The molecule has 2 heterocycles. The van der Waals surface area contributed by atoms with E-state index in [9.17, 15) is 43.6 Å². The molecule has 25 nitrogen and oxygen atoms in total. The van der Waals surface area contributed by atoms with E-state index in [1.165, 1.54) is 20.8 Å². The maximum absolute atomic E-state index is 13.2. The minimum atomic E-state index is -1.02. The van der Waals surface area contributed by atoms with Gasteiger partial charge in [-0.1, -0.05) is 17.3 Å². The Balaban J connectivity index is 1.32. The fourth-order valence-electron chi connectivity index (χ4n) is 6.89. The molecule has 2 aliphatic heterocycles. The van der Waals surface area contributed by atoms with Gasteiger partial charge >= 0.3 is 17.9 Å². The van der Waals surface area contributed by atoms with Crippen LogP contribution >= 0.6 is 0 Å². The van der Waals surface area contributed by atoms with Crippen LogP contribution in [0.3, 0.4) is 0 Å². The SMILES string of the molecule is CC(=O)OC[C@H]1O[C@@H](OCCOCCNC(=O)CCOCC2(COCCC(=O)NCCOCCN=O)CN2C(=O)CCOCCOCCNC(=O)CCc2ccc(O)cc2)C[C@@H](OC(C)=O)[C@H]1OC(C)=O. The fraction of sp³-hybridized carbons (Fsp3) is 0.717.